The number of hydrogen-bond acceptors (Lipinski definition) is 5. The predicted octanol–water partition coefficient (Wildman–Crippen LogP) is 0.791. The van der Waals surface area contributed by atoms with Crippen molar-refractivity contribution in [2.45, 2.75) is 5.75 Å². The molecule has 110 valence electrons. The SMILES string of the molecule is COS(=O)(=O)Cc1ccc2c([nH]c(=O)c3ccnn32)c1F. The summed E-state index contributed by atoms with van der Waals surface area (Å²) in [6.07, 6.45) is 1.42. The molecule has 2 heterocycles. The van der Waals surface area contributed by atoms with Crippen LogP contribution in [-0.4, -0.2) is 30.1 Å². The minimum atomic E-state index is -3.86. The van der Waals surface area contributed by atoms with Gasteiger partial charge in [0.05, 0.1) is 18.8 Å². The van der Waals surface area contributed by atoms with E-state index in [0.717, 1.165) is 7.11 Å². The summed E-state index contributed by atoms with van der Waals surface area (Å²) in [4.78, 5) is 14.2. The van der Waals surface area contributed by atoms with Gasteiger partial charge in [0.15, 0.2) is 5.82 Å². The van der Waals surface area contributed by atoms with Gasteiger partial charge in [-0.3, -0.25) is 8.98 Å². The molecular weight excluding hydrogens is 301 g/mol. The molecule has 0 saturated carbocycles. The van der Waals surface area contributed by atoms with Gasteiger partial charge in [-0.1, -0.05) is 6.07 Å². The molecule has 9 heteroatoms. The molecule has 3 aromatic rings. The number of benzene rings is 1. The van der Waals surface area contributed by atoms with E-state index in [1.54, 1.807) is 0 Å². The van der Waals surface area contributed by atoms with Crippen LogP contribution in [0.1, 0.15) is 5.56 Å². The summed E-state index contributed by atoms with van der Waals surface area (Å²) in [5, 5.41) is 3.96. The standard InChI is InChI=1S/C12H10FN3O4S/c1-20-21(18,19)6-7-2-3-8-11(10(7)13)15-12(17)9-4-5-14-16(8)9/h2-5H,6H2,1H3,(H,15,17). The molecule has 0 amide bonds. The second-order valence-corrected chi connectivity index (χ2v) is 6.12. The second kappa shape index (κ2) is 4.64. The Balaban J connectivity index is 2.31. The van der Waals surface area contributed by atoms with Crippen LogP contribution in [0.4, 0.5) is 4.39 Å². The van der Waals surface area contributed by atoms with Crippen molar-refractivity contribution in [2.24, 2.45) is 0 Å². The van der Waals surface area contributed by atoms with Gasteiger partial charge in [-0.2, -0.15) is 13.5 Å². The molecule has 0 unspecified atom stereocenters. The second-order valence-electron chi connectivity index (χ2n) is 4.38. The maximum Gasteiger partial charge on any atom is 0.274 e. The van der Waals surface area contributed by atoms with E-state index >= 15 is 0 Å². The highest BCUT2D eigenvalue weighted by molar-refractivity contribution is 7.85. The third-order valence-electron chi connectivity index (χ3n) is 3.13. The molecule has 0 atom stereocenters. The molecule has 1 aromatic carbocycles. The molecule has 0 saturated heterocycles. The van der Waals surface area contributed by atoms with E-state index in [2.05, 4.69) is 14.3 Å². The number of rotatable bonds is 3. The third kappa shape index (κ3) is 2.20. The fourth-order valence-electron chi connectivity index (χ4n) is 2.11. The van der Waals surface area contributed by atoms with Crippen LogP contribution in [0.2, 0.25) is 0 Å². The fourth-order valence-corrected chi connectivity index (χ4v) is 2.83. The zero-order valence-electron chi connectivity index (χ0n) is 10.8. The summed E-state index contributed by atoms with van der Waals surface area (Å²) in [6, 6.07) is 4.32. The van der Waals surface area contributed by atoms with E-state index in [-0.39, 0.29) is 16.6 Å². The van der Waals surface area contributed by atoms with E-state index in [0.29, 0.717) is 5.52 Å². The highest BCUT2D eigenvalue weighted by Gasteiger charge is 2.18. The maximum atomic E-state index is 14.4. The minimum Gasteiger partial charge on any atom is -0.316 e. The molecule has 1 N–H and O–H groups in total. The molecule has 0 aliphatic carbocycles. The van der Waals surface area contributed by atoms with Crippen LogP contribution < -0.4 is 5.56 Å². The highest BCUT2D eigenvalue weighted by Crippen LogP contribution is 2.20. The van der Waals surface area contributed by atoms with Gasteiger partial charge in [0.2, 0.25) is 0 Å². The first-order valence-corrected chi connectivity index (χ1v) is 7.46. The van der Waals surface area contributed by atoms with Crippen LogP contribution in [0.25, 0.3) is 16.6 Å². The monoisotopic (exact) mass is 311 g/mol. The van der Waals surface area contributed by atoms with Gasteiger partial charge in [-0.15, -0.1) is 0 Å². The van der Waals surface area contributed by atoms with Crippen molar-refractivity contribution in [3.63, 3.8) is 0 Å². The summed E-state index contributed by atoms with van der Waals surface area (Å²) in [5.41, 5.74) is -0.0815. The Hall–Kier alpha value is -2.26. The first-order valence-electron chi connectivity index (χ1n) is 5.88. The summed E-state index contributed by atoms with van der Waals surface area (Å²) in [5.74, 6) is -1.44. The number of nitrogens with zero attached hydrogens (tertiary/aromatic N) is 2. The van der Waals surface area contributed by atoms with Crippen LogP contribution in [0, 0.1) is 5.82 Å². The Morgan fingerprint density at radius 1 is 1.33 bits per heavy atom. The number of aromatic nitrogens is 3. The van der Waals surface area contributed by atoms with E-state index in [9.17, 15) is 17.6 Å². The van der Waals surface area contributed by atoms with Gasteiger partial charge in [0, 0.05) is 5.56 Å². The molecule has 3 rings (SSSR count). The third-order valence-corrected chi connectivity index (χ3v) is 4.30. The topological polar surface area (TPSA) is 93.5 Å². The fraction of sp³-hybridized carbons (Fsp3) is 0.167. The Morgan fingerprint density at radius 3 is 2.81 bits per heavy atom. The molecule has 0 radical (unpaired) electrons. The summed E-state index contributed by atoms with van der Waals surface area (Å²) >= 11 is 0. The van der Waals surface area contributed by atoms with Gasteiger partial charge < -0.3 is 4.98 Å². The first kappa shape index (κ1) is 13.7. The van der Waals surface area contributed by atoms with Crippen molar-refractivity contribution >= 4 is 26.7 Å². The number of fused-ring (bicyclic) bond motifs is 3. The molecule has 21 heavy (non-hydrogen) atoms. The quantitative estimate of drug-likeness (QED) is 0.722. The number of aromatic amines is 1. The molecule has 0 spiro atoms. The van der Waals surface area contributed by atoms with Crippen molar-refractivity contribution in [1.29, 1.82) is 0 Å². The average molecular weight is 311 g/mol. The average Bonchev–Trinajstić information content (AvgIpc) is 2.93. The first-order chi connectivity index (χ1) is 9.93. The molecule has 7 nitrogen and oxygen atoms in total. The van der Waals surface area contributed by atoms with Crippen LogP contribution in [0.5, 0.6) is 0 Å². The highest BCUT2D eigenvalue weighted by atomic mass is 32.2. The summed E-state index contributed by atoms with van der Waals surface area (Å²) in [7, 11) is -2.86. The number of halogens is 1. The van der Waals surface area contributed by atoms with Crippen LogP contribution in [0.3, 0.4) is 0 Å². The predicted molar refractivity (Wildman–Crippen MR) is 72.9 cm³/mol. The van der Waals surface area contributed by atoms with Gasteiger partial charge in [-0.05, 0) is 12.1 Å². The molecule has 0 aliphatic heterocycles. The van der Waals surface area contributed by atoms with Crippen LogP contribution in [-0.2, 0) is 20.1 Å². The zero-order valence-corrected chi connectivity index (χ0v) is 11.6. The van der Waals surface area contributed by atoms with Crippen molar-refractivity contribution in [3.8, 4) is 0 Å². The van der Waals surface area contributed by atoms with Gasteiger partial charge in [-0.25, -0.2) is 8.91 Å². The lowest BCUT2D eigenvalue weighted by Crippen LogP contribution is -2.13. The van der Waals surface area contributed by atoms with Crippen molar-refractivity contribution < 1.29 is 17.0 Å². The largest absolute Gasteiger partial charge is 0.316 e. The van der Waals surface area contributed by atoms with Crippen LogP contribution >= 0.6 is 0 Å². The molecule has 0 fully saturated rings. The summed E-state index contributed by atoms with van der Waals surface area (Å²) < 4.78 is 42.9. The number of H-pyrrole nitrogens is 1. The van der Waals surface area contributed by atoms with Crippen LogP contribution in [0.15, 0.2) is 29.2 Å². The normalized spacial score (nSPS) is 12.3. The van der Waals surface area contributed by atoms with Crippen molar-refractivity contribution in [3.05, 3.63) is 46.1 Å². The lowest BCUT2D eigenvalue weighted by Gasteiger charge is -2.07. The Kier molecular flexibility index (Phi) is 3.03. The van der Waals surface area contributed by atoms with E-state index < -0.39 is 27.2 Å². The molecule has 0 bridgehead atoms. The minimum absolute atomic E-state index is 0.0912. The Bertz CT molecular complexity index is 1010. The molecule has 0 aliphatic rings. The Morgan fingerprint density at radius 2 is 2.10 bits per heavy atom. The maximum absolute atomic E-state index is 14.4. The van der Waals surface area contributed by atoms with Gasteiger partial charge in [0.25, 0.3) is 15.7 Å². The molecule has 2 aromatic heterocycles. The summed E-state index contributed by atoms with van der Waals surface area (Å²) in [6.45, 7) is 0. The lowest BCUT2D eigenvalue weighted by atomic mass is 10.2. The number of nitrogens with one attached hydrogen (secondary N) is 1. The number of hydrogen-bond donors (Lipinski definition) is 1. The lowest BCUT2D eigenvalue weighted by molar-refractivity contribution is 0.396. The van der Waals surface area contributed by atoms with Gasteiger partial charge in [0.1, 0.15) is 16.8 Å². The van der Waals surface area contributed by atoms with E-state index in [1.165, 1.54) is 28.9 Å². The van der Waals surface area contributed by atoms with E-state index in [4.69, 9.17) is 0 Å². The Labute approximate surface area is 118 Å². The van der Waals surface area contributed by atoms with Crippen molar-refractivity contribution in [2.75, 3.05) is 7.11 Å². The zero-order chi connectivity index (χ0) is 15.2. The van der Waals surface area contributed by atoms with Crippen molar-refractivity contribution in [1.82, 2.24) is 14.6 Å². The smallest absolute Gasteiger partial charge is 0.274 e. The molecular formula is C12H10FN3O4S. The van der Waals surface area contributed by atoms with E-state index in [1.807, 2.05) is 0 Å². The van der Waals surface area contributed by atoms with Gasteiger partial charge >= 0.3 is 0 Å².